The maximum atomic E-state index is 11.4. The van der Waals surface area contributed by atoms with Gasteiger partial charge in [0, 0.05) is 13.6 Å². The van der Waals surface area contributed by atoms with Gasteiger partial charge in [-0.15, -0.1) is 0 Å². The monoisotopic (exact) mass is 224 g/mol. The Labute approximate surface area is 84.1 Å². The van der Waals surface area contributed by atoms with E-state index in [1.54, 1.807) is 0 Å². The molecule has 0 fully saturated rings. The van der Waals surface area contributed by atoms with E-state index in [2.05, 4.69) is 4.72 Å². The predicted octanol–water partition coefficient (Wildman–Crippen LogP) is -0.364. The molecule has 0 aromatic heterocycles. The third-order valence-corrected chi connectivity index (χ3v) is 3.46. The molecule has 6 nitrogen and oxygen atoms in total. The molecule has 0 aromatic rings. The molecule has 0 aromatic carbocycles. The molecule has 1 atom stereocenters. The number of hydrogen-bond donors (Lipinski definition) is 2. The summed E-state index contributed by atoms with van der Waals surface area (Å²) in [6, 6.07) is -1.07. The van der Waals surface area contributed by atoms with Crippen molar-refractivity contribution in [1.29, 1.82) is 0 Å². The molecule has 84 valence electrons. The van der Waals surface area contributed by atoms with Crippen LogP contribution in [0.25, 0.3) is 0 Å². The van der Waals surface area contributed by atoms with E-state index >= 15 is 0 Å². The molecule has 1 unspecified atom stereocenters. The molecule has 14 heavy (non-hydrogen) atoms. The minimum absolute atomic E-state index is 0.305. The molecule has 0 aliphatic rings. The number of hydrogen-bond acceptors (Lipinski definition) is 3. The Morgan fingerprint density at radius 1 is 1.57 bits per heavy atom. The second-order valence-electron chi connectivity index (χ2n) is 2.93. The lowest BCUT2D eigenvalue weighted by Crippen LogP contribution is -2.46. The first kappa shape index (κ1) is 13.3. The molecule has 0 aliphatic carbocycles. The average molecular weight is 224 g/mol. The summed E-state index contributed by atoms with van der Waals surface area (Å²) >= 11 is 0. The number of aliphatic carboxylic acids is 1. The van der Waals surface area contributed by atoms with Gasteiger partial charge < -0.3 is 5.11 Å². The summed E-state index contributed by atoms with van der Waals surface area (Å²) in [5.41, 5.74) is 0. The Hall–Kier alpha value is -0.660. The normalized spacial score (nSPS) is 14.3. The highest BCUT2D eigenvalue weighted by molar-refractivity contribution is 7.87. The molecule has 0 radical (unpaired) electrons. The van der Waals surface area contributed by atoms with Crippen molar-refractivity contribution in [1.82, 2.24) is 9.03 Å². The second-order valence-corrected chi connectivity index (χ2v) is 4.74. The molecule has 7 heteroatoms. The summed E-state index contributed by atoms with van der Waals surface area (Å²) in [6.45, 7) is 3.44. The maximum Gasteiger partial charge on any atom is 0.321 e. The zero-order valence-electron chi connectivity index (χ0n) is 8.52. The van der Waals surface area contributed by atoms with Crippen molar-refractivity contribution < 1.29 is 18.3 Å². The topological polar surface area (TPSA) is 86.7 Å². The van der Waals surface area contributed by atoms with Gasteiger partial charge in [0.2, 0.25) is 0 Å². The Kier molecular flexibility index (Phi) is 5.03. The van der Waals surface area contributed by atoms with Crippen LogP contribution in [0, 0.1) is 0 Å². The molecule has 0 heterocycles. The van der Waals surface area contributed by atoms with E-state index in [9.17, 15) is 13.2 Å². The van der Waals surface area contributed by atoms with E-state index in [0.717, 1.165) is 4.31 Å². The lowest BCUT2D eigenvalue weighted by atomic mass is 10.4. The van der Waals surface area contributed by atoms with Crippen LogP contribution in [-0.4, -0.2) is 43.4 Å². The largest absolute Gasteiger partial charge is 0.480 e. The van der Waals surface area contributed by atoms with E-state index < -0.39 is 22.2 Å². The summed E-state index contributed by atoms with van der Waals surface area (Å²) in [7, 11) is -2.43. The summed E-state index contributed by atoms with van der Waals surface area (Å²) < 4.78 is 25.8. The molecule has 0 saturated carbocycles. The summed E-state index contributed by atoms with van der Waals surface area (Å²) in [5, 5.41) is 8.61. The predicted molar refractivity (Wildman–Crippen MR) is 52.1 cm³/mol. The Bertz CT molecular complexity index is 288. The van der Waals surface area contributed by atoms with Gasteiger partial charge in [-0.2, -0.15) is 12.7 Å². The van der Waals surface area contributed by atoms with Gasteiger partial charge in [-0.05, 0) is 13.3 Å². The van der Waals surface area contributed by atoms with Gasteiger partial charge in [-0.25, -0.2) is 4.72 Å². The van der Waals surface area contributed by atoms with Crippen LogP contribution < -0.4 is 4.72 Å². The summed E-state index contributed by atoms with van der Waals surface area (Å²) in [6.07, 6.45) is 0.661. The van der Waals surface area contributed by atoms with Crippen molar-refractivity contribution in [2.75, 3.05) is 13.6 Å². The molecular formula is C7H16N2O4S. The number of carbonyl (C=O) groups is 1. The van der Waals surface area contributed by atoms with Crippen LogP contribution in [0.4, 0.5) is 0 Å². The summed E-state index contributed by atoms with van der Waals surface area (Å²) in [4.78, 5) is 10.5. The smallest absolute Gasteiger partial charge is 0.321 e. The SMILES string of the molecule is CCCNS(=O)(=O)N(C)C(C)C(=O)O. The van der Waals surface area contributed by atoms with Crippen LogP contribution in [0.1, 0.15) is 20.3 Å². The molecule has 0 bridgehead atoms. The van der Waals surface area contributed by atoms with Crippen molar-refractivity contribution in [2.45, 2.75) is 26.3 Å². The number of carboxylic acids is 1. The van der Waals surface area contributed by atoms with E-state index in [4.69, 9.17) is 5.11 Å². The molecule has 0 aliphatic heterocycles. The van der Waals surface area contributed by atoms with Crippen molar-refractivity contribution >= 4 is 16.2 Å². The minimum atomic E-state index is -3.66. The first-order valence-electron chi connectivity index (χ1n) is 4.28. The fourth-order valence-electron chi connectivity index (χ4n) is 0.697. The van der Waals surface area contributed by atoms with Gasteiger partial charge >= 0.3 is 5.97 Å². The molecule has 0 amide bonds. The molecule has 2 N–H and O–H groups in total. The van der Waals surface area contributed by atoms with E-state index in [-0.39, 0.29) is 0 Å². The lowest BCUT2D eigenvalue weighted by Gasteiger charge is -2.20. The third-order valence-electron chi connectivity index (χ3n) is 1.82. The van der Waals surface area contributed by atoms with Gasteiger partial charge in [0.15, 0.2) is 0 Å². The number of likely N-dealkylation sites (N-methyl/N-ethyl adjacent to an activating group) is 1. The van der Waals surface area contributed by atoms with Crippen LogP contribution >= 0.6 is 0 Å². The van der Waals surface area contributed by atoms with Gasteiger partial charge in [0.1, 0.15) is 6.04 Å². The zero-order chi connectivity index (χ0) is 11.4. The van der Waals surface area contributed by atoms with Crippen molar-refractivity contribution in [3.63, 3.8) is 0 Å². The second kappa shape index (κ2) is 5.28. The standard InChI is InChI=1S/C7H16N2O4S/c1-4-5-8-14(12,13)9(3)6(2)7(10)11/h6,8H,4-5H2,1-3H3,(H,10,11). The minimum Gasteiger partial charge on any atom is -0.480 e. The number of rotatable bonds is 6. The highest BCUT2D eigenvalue weighted by atomic mass is 32.2. The number of nitrogens with one attached hydrogen (secondary N) is 1. The molecule has 0 rings (SSSR count). The van der Waals surface area contributed by atoms with Gasteiger partial charge in [-0.3, -0.25) is 4.79 Å². The first-order chi connectivity index (χ1) is 6.33. The highest BCUT2D eigenvalue weighted by Crippen LogP contribution is 2.01. The van der Waals surface area contributed by atoms with Gasteiger partial charge in [-0.1, -0.05) is 6.92 Å². The molecular weight excluding hydrogens is 208 g/mol. The Morgan fingerprint density at radius 3 is 2.43 bits per heavy atom. The van der Waals surface area contributed by atoms with E-state index in [0.29, 0.717) is 13.0 Å². The van der Waals surface area contributed by atoms with Gasteiger partial charge in [0.25, 0.3) is 10.2 Å². The molecule has 0 saturated heterocycles. The van der Waals surface area contributed by atoms with Crippen LogP contribution in [0.15, 0.2) is 0 Å². The Morgan fingerprint density at radius 2 is 2.07 bits per heavy atom. The average Bonchev–Trinajstić information content (AvgIpc) is 2.12. The highest BCUT2D eigenvalue weighted by Gasteiger charge is 2.26. The van der Waals surface area contributed by atoms with Crippen molar-refractivity contribution in [3.05, 3.63) is 0 Å². The van der Waals surface area contributed by atoms with E-state index in [1.807, 2.05) is 6.92 Å². The fourth-order valence-corrected chi connectivity index (χ4v) is 1.87. The maximum absolute atomic E-state index is 11.4. The Balaban J connectivity index is 4.50. The number of nitrogens with zero attached hydrogens (tertiary/aromatic N) is 1. The zero-order valence-corrected chi connectivity index (χ0v) is 9.34. The quantitative estimate of drug-likeness (QED) is 0.645. The van der Waals surface area contributed by atoms with Crippen LogP contribution in [0.5, 0.6) is 0 Å². The van der Waals surface area contributed by atoms with Crippen LogP contribution in [-0.2, 0) is 15.0 Å². The van der Waals surface area contributed by atoms with Crippen molar-refractivity contribution in [3.8, 4) is 0 Å². The first-order valence-corrected chi connectivity index (χ1v) is 5.72. The third kappa shape index (κ3) is 3.60. The van der Waals surface area contributed by atoms with E-state index in [1.165, 1.54) is 14.0 Å². The van der Waals surface area contributed by atoms with Gasteiger partial charge in [0.05, 0.1) is 0 Å². The molecule has 0 spiro atoms. The van der Waals surface area contributed by atoms with Crippen molar-refractivity contribution in [2.24, 2.45) is 0 Å². The van der Waals surface area contributed by atoms with Crippen LogP contribution in [0.2, 0.25) is 0 Å². The lowest BCUT2D eigenvalue weighted by molar-refractivity contribution is -0.140. The summed E-state index contributed by atoms with van der Waals surface area (Å²) in [5.74, 6) is -1.17. The van der Waals surface area contributed by atoms with Crippen LogP contribution in [0.3, 0.4) is 0 Å². The number of carboxylic acid groups (broad SMARTS) is 1. The fraction of sp³-hybridized carbons (Fsp3) is 0.857.